The highest BCUT2D eigenvalue weighted by Gasteiger charge is 2.19. The first-order chi connectivity index (χ1) is 16.9. The Bertz CT molecular complexity index is 1650. The van der Waals surface area contributed by atoms with Crippen molar-refractivity contribution < 1.29 is 17.7 Å². The standard InChI is InChI=1S/C26H20ClN3O4S/c1-16-12-23(24(33-2)15-22(16)17-4-3-5-19(27)13-17)26-21-7-6-20(14-18(21)8-10-28-26)35(31,32)30-25-9-11-34-29-25/h3-15H,1-2H3,(H,29,30). The second kappa shape index (κ2) is 9.05. The summed E-state index contributed by atoms with van der Waals surface area (Å²) >= 11 is 6.20. The Kier molecular flexibility index (Phi) is 5.92. The summed E-state index contributed by atoms with van der Waals surface area (Å²) in [6.07, 6.45) is 2.95. The number of nitrogens with one attached hydrogen (secondary N) is 1. The predicted octanol–water partition coefficient (Wildman–Crippen LogP) is 6.33. The molecule has 2 heterocycles. The number of benzene rings is 3. The first-order valence-corrected chi connectivity index (χ1v) is 12.5. The highest BCUT2D eigenvalue weighted by molar-refractivity contribution is 7.92. The Balaban J connectivity index is 1.60. The number of hydrogen-bond acceptors (Lipinski definition) is 6. The van der Waals surface area contributed by atoms with Crippen LogP contribution in [0.25, 0.3) is 33.2 Å². The number of aromatic nitrogens is 2. The SMILES string of the molecule is COc1cc(-c2cccc(Cl)c2)c(C)cc1-c1nccc2cc(S(=O)(=O)Nc3ccon3)ccc12. The molecule has 0 unspecified atom stereocenters. The first kappa shape index (κ1) is 22.9. The molecule has 7 nitrogen and oxygen atoms in total. The summed E-state index contributed by atoms with van der Waals surface area (Å²) in [5.41, 5.74) is 4.50. The van der Waals surface area contributed by atoms with Gasteiger partial charge < -0.3 is 9.26 Å². The molecule has 5 rings (SSSR count). The van der Waals surface area contributed by atoms with Gasteiger partial charge in [-0.2, -0.15) is 0 Å². The van der Waals surface area contributed by atoms with Gasteiger partial charge in [0.05, 0.1) is 17.7 Å². The number of hydrogen-bond donors (Lipinski definition) is 1. The van der Waals surface area contributed by atoms with E-state index in [2.05, 4.69) is 14.9 Å². The number of ether oxygens (including phenoxy) is 1. The number of methoxy groups -OCH3 is 1. The van der Waals surface area contributed by atoms with Crippen LogP contribution < -0.4 is 9.46 Å². The molecule has 0 aliphatic rings. The Morgan fingerprint density at radius 1 is 1.00 bits per heavy atom. The van der Waals surface area contributed by atoms with Crippen LogP contribution in [0.5, 0.6) is 5.75 Å². The van der Waals surface area contributed by atoms with Crippen molar-refractivity contribution in [1.29, 1.82) is 0 Å². The van der Waals surface area contributed by atoms with Crippen molar-refractivity contribution in [1.82, 2.24) is 10.1 Å². The number of rotatable bonds is 6. The lowest BCUT2D eigenvalue weighted by Gasteiger charge is -2.15. The molecule has 1 N–H and O–H groups in total. The quantitative estimate of drug-likeness (QED) is 0.290. The van der Waals surface area contributed by atoms with Gasteiger partial charge in [0.2, 0.25) is 0 Å². The zero-order chi connectivity index (χ0) is 24.6. The van der Waals surface area contributed by atoms with Crippen LogP contribution in [0.1, 0.15) is 5.56 Å². The van der Waals surface area contributed by atoms with Gasteiger partial charge in [-0.25, -0.2) is 8.42 Å². The van der Waals surface area contributed by atoms with E-state index < -0.39 is 10.0 Å². The van der Waals surface area contributed by atoms with Crippen molar-refractivity contribution in [2.45, 2.75) is 11.8 Å². The van der Waals surface area contributed by atoms with Crippen molar-refractivity contribution in [3.63, 3.8) is 0 Å². The third kappa shape index (κ3) is 4.45. The lowest BCUT2D eigenvalue weighted by Crippen LogP contribution is -2.13. The molecule has 0 atom stereocenters. The molecule has 0 saturated heterocycles. The van der Waals surface area contributed by atoms with Crippen LogP contribution in [0.2, 0.25) is 5.02 Å². The van der Waals surface area contributed by atoms with Crippen LogP contribution >= 0.6 is 11.6 Å². The van der Waals surface area contributed by atoms with Gasteiger partial charge in [0.25, 0.3) is 10.0 Å². The number of aryl methyl sites for hydroxylation is 1. The maximum atomic E-state index is 12.8. The second-order valence-corrected chi connectivity index (χ2v) is 10.0. The van der Waals surface area contributed by atoms with Crippen molar-refractivity contribution in [3.05, 3.63) is 89.8 Å². The molecule has 35 heavy (non-hydrogen) atoms. The largest absolute Gasteiger partial charge is 0.496 e. The molecule has 176 valence electrons. The van der Waals surface area contributed by atoms with E-state index in [4.69, 9.17) is 20.9 Å². The summed E-state index contributed by atoms with van der Waals surface area (Å²) < 4.78 is 38.4. The average Bonchev–Trinajstić information content (AvgIpc) is 3.35. The molecule has 0 fully saturated rings. The van der Waals surface area contributed by atoms with E-state index in [-0.39, 0.29) is 10.7 Å². The lowest BCUT2D eigenvalue weighted by atomic mass is 9.95. The Labute approximate surface area is 207 Å². The molecule has 5 aromatic rings. The summed E-state index contributed by atoms with van der Waals surface area (Å²) in [5, 5.41) is 5.78. The molecular weight excluding hydrogens is 486 g/mol. The fourth-order valence-corrected chi connectivity index (χ4v) is 5.23. The molecule has 0 saturated carbocycles. The number of halogens is 1. The minimum absolute atomic E-state index is 0.101. The summed E-state index contributed by atoms with van der Waals surface area (Å²) in [4.78, 5) is 4.71. The van der Waals surface area contributed by atoms with Gasteiger partial charge in [0.15, 0.2) is 5.82 Å². The monoisotopic (exact) mass is 505 g/mol. The third-order valence-corrected chi connectivity index (χ3v) is 7.25. The van der Waals surface area contributed by atoms with Gasteiger partial charge in [-0.3, -0.25) is 9.71 Å². The van der Waals surface area contributed by atoms with Crippen LogP contribution in [0.15, 0.2) is 88.6 Å². The lowest BCUT2D eigenvalue weighted by molar-refractivity contribution is 0.416. The maximum Gasteiger partial charge on any atom is 0.263 e. The predicted molar refractivity (Wildman–Crippen MR) is 136 cm³/mol. The molecule has 0 bridgehead atoms. The number of nitrogens with zero attached hydrogens (tertiary/aromatic N) is 2. The van der Waals surface area contributed by atoms with Crippen LogP contribution in [0.4, 0.5) is 5.82 Å². The fraction of sp³-hybridized carbons (Fsp3) is 0.0769. The minimum atomic E-state index is -3.84. The van der Waals surface area contributed by atoms with Gasteiger partial charge in [-0.15, -0.1) is 0 Å². The molecule has 9 heteroatoms. The van der Waals surface area contributed by atoms with Gasteiger partial charge in [-0.05, 0) is 71.5 Å². The molecule has 0 radical (unpaired) electrons. The van der Waals surface area contributed by atoms with E-state index in [9.17, 15) is 8.42 Å². The Hall–Kier alpha value is -3.88. The normalized spacial score (nSPS) is 11.5. The van der Waals surface area contributed by atoms with E-state index in [1.807, 2.05) is 43.3 Å². The Morgan fingerprint density at radius 3 is 2.60 bits per heavy atom. The second-order valence-electron chi connectivity index (χ2n) is 7.91. The summed E-state index contributed by atoms with van der Waals surface area (Å²) in [7, 11) is -2.23. The van der Waals surface area contributed by atoms with Crippen LogP contribution in [-0.4, -0.2) is 25.7 Å². The molecule has 0 spiro atoms. The zero-order valence-electron chi connectivity index (χ0n) is 18.8. The number of fused-ring (bicyclic) bond motifs is 1. The zero-order valence-corrected chi connectivity index (χ0v) is 20.4. The topological polar surface area (TPSA) is 94.3 Å². The summed E-state index contributed by atoms with van der Waals surface area (Å²) in [6.45, 7) is 2.02. The molecule has 0 aliphatic heterocycles. The average molecular weight is 506 g/mol. The van der Waals surface area contributed by atoms with Crippen LogP contribution in [0, 0.1) is 6.92 Å². The maximum absolute atomic E-state index is 12.8. The van der Waals surface area contributed by atoms with E-state index in [0.717, 1.165) is 33.0 Å². The third-order valence-electron chi connectivity index (χ3n) is 5.66. The van der Waals surface area contributed by atoms with Crippen LogP contribution in [-0.2, 0) is 10.0 Å². The highest BCUT2D eigenvalue weighted by atomic mass is 35.5. The van der Waals surface area contributed by atoms with Crippen LogP contribution in [0.3, 0.4) is 0 Å². The van der Waals surface area contributed by atoms with E-state index in [0.29, 0.717) is 16.5 Å². The van der Waals surface area contributed by atoms with Gasteiger partial charge in [-0.1, -0.05) is 35.0 Å². The van der Waals surface area contributed by atoms with Crippen molar-refractivity contribution in [2.75, 3.05) is 11.8 Å². The Morgan fingerprint density at radius 2 is 1.86 bits per heavy atom. The molecule has 0 aliphatic carbocycles. The van der Waals surface area contributed by atoms with E-state index in [1.54, 1.807) is 31.5 Å². The van der Waals surface area contributed by atoms with Crippen molar-refractivity contribution in [2.24, 2.45) is 0 Å². The van der Waals surface area contributed by atoms with E-state index in [1.165, 1.54) is 18.4 Å². The van der Waals surface area contributed by atoms with Crippen molar-refractivity contribution in [3.8, 4) is 28.1 Å². The fourth-order valence-electron chi connectivity index (χ4n) is 4.01. The molecule has 3 aromatic carbocycles. The first-order valence-electron chi connectivity index (χ1n) is 10.6. The molecular formula is C26H20ClN3O4S. The van der Waals surface area contributed by atoms with Gasteiger partial charge in [0.1, 0.15) is 12.0 Å². The molecule has 0 amide bonds. The van der Waals surface area contributed by atoms with E-state index >= 15 is 0 Å². The number of pyridine rings is 1. The number of sulfonamides is 1. The van der Waals surface area contributed by atoms with Gasteiger partial charge in [0, 0.05) is 28.2 Å². The smallest absolute Gasteiger partial charge is 0.263 e. The van der Waals surface area contributed by atoms with Crippen molar-refractivity contribution >= 4 is 38.2 Å². The molecule has 2 aromatic heterocycles. The highest BCUT2D eigenvalue weighted by Crippen LogP contribution is 2.39. The van der Waals surface area contributed by atoms with Gasteiger partial charge >= 0.3 is 0 Å². The summed E-state index contributed by atoms with van der Waals surface area (Å²) in [6, 6.07) is 19.7. The summed E-state index contributed by atoms with van der Waals surface area (Å²) in [5.74, 6) is 0.760. The number of anilines is 1. The minimum Gasteiger partial charge on any atom is -0.496 e.